The molecule has 0 saturated heterocycles. The normalized spacial score (nSPS) is 11.6. The second kappa shape index (κ2) is 8.80. The molecule has 0 fully saturated rings. The van der Waals surface area contributed by atoms with Crippen LogP contribution in [0.2, 0.25) is 0 Å². The number of tetrazole rings is 1. The number of rotatable bonds is 7. The molecule has 1 N–H and O–H groups in total. The van der Waals surface area contributed by atoms with Crippen molar-refractivity contribution < 1.29 is 9.21 Å². The lowest BCUT2D eigenvalue weighted by atomic mass is 10.2. The lowest BCUT2D eigenvalue weighted by molar-refractivity contribution is -0.111. The SMILES string of the molecule is CCSc1nnc(NC(=O)/C(=C\c2ccco2)n2nnnc2-c2ccccc2)s1. The molecule has 9 nitrogen and oxygen atoms in total. The van der Waals surface area contributed by atoms with Crippen LogP contribution in [0.1, 0.15) is 12.7 Å². The zero-order valence-electron chi connectivity index (χ0n) is 15.2. The summed E-state index contributed by atoms with van der Waals surface area (Å²) in [5, 5.41) is 23.1. The van der Waals surface area contributed by atoms with E-state index in [1.54, 1.807) is 30.0 Å². The minimum absolute atomic E-state index is 0.184. The van der Waals surface area contributed by atoms with Crippen LogP contribution in [0, 0.1) is 0 Å². The smallest absolute Gasteiger partial charge is 0.276 e. The molecule has 11 heteroatoms. The minimum Gasteiger partial charge on any atom is -0.465 e. The molecule has 0 aliphatic heterocycles. The maximum absolute atomic E-state index is 13.1. The van der Waals surface area contributed by atoms with Gasteiger partial charge < -0.3 is 4.42 Å². The summed E-state index contributed by atoms with van der Waals surface area (Å²) in [5.41, 5.74) is 0.955. The summed E-state index contributed by atoms with van der Waals surface area (Å²) in [6.45, 7) is 2.03. The van der Waals surface area contributed by atoms with Gasteiger partial charge in [0.15, 0.2) is 10.2 Å². The fourth-order valence-electron chi connectivity index (χ4n) is 2.45. The van der Waals surface area contributed by atoms with E-state index in [1.165, 1.54) is 22.3 Å². The van der Waals surface area contributed by atoms with Gasteiger partial charge in [0.05, 0.1) is 6.26 Å². The van der Waals surface area contributed by atoms with Gasteiger partial charge in [0.25, 0.3) is 5.91 Å². The van der Waals surface area contributed by atoms with Gasteiger partial charge in [0, 0.05) is 11.6 Å². The van der Waals surface area contributed by atoms with Crippen molar-refractivity contribution in [2.45, 2.75) is 11.3 Å². The minimum atomic E-state index is -0.435. The van der Waals surface area contributed by atoms with Gasteiger partial charge in [-0.3, -0.25) is 10.1 Å². The van der Waals surface area contributed by atoms with Gasteiger partial charge in [0.2, 0.25) is 5.13 Å². The largest absolute Gasteiger partial charge is 0.465 e. The Labute approximate surface area is 173 Å². The molecule has 0 atom stereocenters. The van der Waals surface area contributed by atoms with Crippen molar-refractivity contribution in [1.82, 2.24) is 30.4 Å². The van der Waals surface area contributed by atoms with Crippen LogP contribution in [0.25, 0.3) is 23.2 Å². The Morgan fingerprint density at radius 3 is 2.83 bits per heavy atom. The zero-order chi connectivity index (χ0) is 20.1. The standard InChI is InChI=1S/C18H15N7O2S2/c1-2-28-18-22-21-17(29-18)19-16(26)14(11-13-9-6-10-27-13)25-15(20-23-24-25)12-7-4-3-5-8-12/h3-11H,2H2,1H3,(H,19,21,26)/b14-11+. The Bertz CT molecular complexity index is 1120. The number of hydrogen-bond acceptors (Lipinski definition) is 9. The molecule has 0 unspecified atom stereocenters. The summed E-state index contributed by atoms with van der Waals surface area (Å²) in [5.74, 6) is 1.36. The highest BCUT2D eigenvalue weighted by Gasteiger charge is 2.21. The molecule has 0 saturated carbocycles. The maximum Gasteiger partial charge on any atom is 0.276 e. The Morgan fingerprint density at radius 1 is 1.21 bits per heavy atom. The van der Waals surface area contributed by atoms with E-state index >= 15 is 0 Å². The fourth-order valence-corrected chi connectivity index (χ4v) is 4.09. The number of amides is 1. The topological polar surface area (TPSA) is 112 Å². The highest BCUT2D eigenvalue weighted by Crippen LogP contribution is 2.26. The Balaban J connectivity index is 1.70. The first kappa shape index (κ1) is 19.0. The van der Waals surface area contributed by atoms with E-state index in [1.807, 2.05) is 37.3 Å². The molecule has 0 aliphatic rings. The van der Waals surface area contributed by atoms with Crippen LogP contribution in [-0.2, 0) is 4.79 Å². The predicted octanol–water partition coefficient (Wildman–Crippen LogP) is 3.53. The first-order valence-electron chi connectivity index (χ1n) is 8.61. The van der Waals surface area contributed by atoms with Crippen molar-refractivity contribution >= 4 is 45.9 Å². The zero-order valence-corrected chi connectivity index (χ0v) is 16.9. The van der Waals surface area contributed by atoms with Gasteiger partial charge >= 0.3 is 0 Å². The summed E-state index contributed by atoms with van der Waals surface area (Å²) in [7, 11) is 0. The van der Waals surface area contributed by atoms with Crippen molar-refractivity contribution in [3.05, 3.63) is 54.5 Å². The van der Waals surface area contributed by atoms with E-state index in [4.69, 9.17) is 4.42 Å². The van der Waals surface area contributed by atoms with Gasteiger partial charge in [-0.1, -0.05) is 60.4 Å². The molecular weight excluding hydrogens is 410 g/mol. The molecular formula is C18H15N7O2S2. The Morgan fingerprint density at radius 2 is 2.07 bits per heavy atom. The van der Waals surface area contributed by atoms with Crippen LogP contribution in [0.4, 0.5) is 5.13 Å². The van der Waals surface area contributed by atoms with E-state index in [2.05, 4.69) is 31.0 Å². The number of thioether (sulfide) groups is 1. The number of carbonyl (C=O) groups is 1. The van der Waals surface area contributed by atoms with E-state index < -0.39 is 5.91 Å². The van der Waals surface area contributed by atoms with Crippen LogP contribution in [-0.4, -0.2) is 42.1 Å². The van der Waals surface area contributed by atoms with Crippen LogP contribution >= 0.6 is 23.1 Å². The van der Waals surface area contributed by atoms with Gasteiger partial charge in [-0.15, -0.1) is 15.3 Å². The van der Waals surface area contributed by atoms with Gasteiger partial charge in [0.1, 0.15) is 11.5 Å². The number of anilines is 1. The van der Waals surface area contributed by atoms with E-state index in [-0.39, 0.29) is 5.70 Å². The molecule has 29 heavy (non-hydrogen) atoms. The highest BCUT2D eigenvalue weighted by molar-refractivity contribution is 8.01. The molecule has 0 spiro atoms. The lowest BCUT2D eigenvalue weighted by Gasteiger charge is -2.08. The Kier molecular flexibility index (Phi) is 5.77. The Hall–Kier alpha value is -3.31. The molecule has 0 aliphatic carbocycles. The maximum atomic E-state index is 13.1. The van der Waals surface area contributed by atoms with Crippen molar-refractivity contribution in [1.29, 1.82) is 0 Å². The lowest BCUT2D eigenvalue weighted by Crippen LogP contribution is -2.19. The first-order chi connectivity index (χ1) is 14.2. The van der Waals surface area contributed by atoms with Crippen LogP contribution in [0.15, 0.2) is 57.5 Å². The number of furan rings is 1. The highest BCUT2D eigenvalue weighted by atomic mass is 32.2. The van der Waals surface area contributed by atoms with Crippen LogP contribution < -0.4 is 5.32 Å². The summed E-state index contributed by atoms with van der Waals surface area (Å²) in [6, 6.07) is 12.8. The molecule has 4 rings (SSSR count). The van der Waals surface area contributed by atoms with E-state index in [0.717, 1.165) is 15.7 Å². The monoisotopic (exact) mass is 425 g/mol. The molecule has 1 amide bonds. The third-order valence-electron chi connectivity index (χ3n) is 3.68. The molecule has 0 radical (unpaired) electrons. The first-order valence-corrected chi connectivity index (χ1v) is 10.4. The number of nitrogens with one attached hydrogen (secondary N) is 1. The second-order valence-electron chi connectivity index (χ2n) is 5.59. The molecule has 0 bridgehead atoms. The summed E-state index contributed by atoms with van der Waals surface area (Å²) in [4.78, 5) is 13.1. The van der Waals surface area contributed by atoms with Crippen molar-refractivity contribution in [3.8, 4) is 11.4 Å². The summed E-state index contributed by atoms with van der Waals surface area (Å²) < 4.78 is 7.53. The molecule has 3 aromatic heterocycles. The third kappa shape index (κ3) is 4.41. The summed E-state index contributed by atoms with van der Waals surface area (Å²) >= 11 is 2.87. The quantitative estimate of drug-likeness (QED) is 0.272. The third-order valence-corrected chi connectivity index (χ3v) is 5.53. The van der Waals surface area contributed by atoms with Crippen LogP contribution in [0.5, 0.6) is 0 Å². The molecule has 3 heterocycles. The number of carbonyl (C=O) groups excluding carboxylic acids is 1. The average molecular weight is 425 g/mol. The number of aromatic nitrogens is 6. The van der Waals surface area contributed by atoms with Gasteiger partial charge in [-0.2, -0.15) is 4.68 Å². The summed E-state index contributed by atoms with van der Waals surface area (Å²) in [6.07, 6.45) is 3.10. The number of hydrogen-bond donors (Lipinski definition) is 1. The molecule has 4 aromatic rings. The van der Waals surface area contributed by atoms with Crippen molar-refractivity contribution in [2.24, 2.45) is 0 Å². The number of benzene rings is 1. The number of nitrogens with zero attached hydrogens (tertiary/aromatic N) is 6. The second-order valence-corrected chi connectivity index (χ2v) is 8.07. The fraction of sp³-hybridized carbons (Fsp3) is 0.111. The van der Waals surface area contributed by atoms with Gasteiger partial charge in [-0.05, 0) is 28.3 Å². The molecule has 146 valence electrons. The van der Waals surface area contributed by atoms with Crippen LogP contribution in [0.3, 0.4) is 0 Å². The predicted molar refractivity (Wildman–Crippen MR) is 111 cm³/mol. The van der Waals surface area contributed by atoms with Crippen molar-refractivity contribution in [3.63, 3.8) is 0 Å². The average Bonchev–Trinajstić information content (AvgIpc) is 3.49. The van der Waals surface area contributed by atoms with Gasteiger partial charge in [-0.25, -0.2) is 0 Å². The van der Waals surface area contributed by atoms with Crippen molar-refractivity contribution in [2.75, 3.05) is 11.1 Å². The van der Waals surface area contributed by atoms with E-state index in [0.29, 0.717) is 16.7 Å². The van der Waals surface area contributed by atoms with E-state index in [9.17, 15) is 4.79 Å². The molecule has 1 aromatic carbocycles.